The summed E-state index contributed by atoms with van der Waals surface area (Å²) >= 11 is 0. The van der Waals surface area contributed by atoms with Crippen molar-refractivity contribution in [2.45, 2.75) is 44.7 Å². The minimum atomic E-state index is -0.245. The molecule has 2 aliphatic heterocycles. The standard InChI is InChI=1S/C24H27FN6O2/c1-16(32)29-12-9-19(10-13-29)27-24(33)21-15-26-22-7-8-23(28-31(21)22)30-11-3-6-20(30)17-4-2-5-18(25)14-17/h2,4-5,7-8,14-15,19-20H,3,6,9-13H2,1H3,(H,27,33). The maximum Gasteiger partial charge on any atom is 0.271 e. The molecule has 3 aromatic rings. The Balaban J connectivity index is 1.36. The van der Waals surface area contributed by atoms with E-state index in [1.807, 2.05) is 18.2 Å². The lowest BCUT2D eigenvalue weighted by atomic mass is 10.0. The number of anilines is 1. The molecule has 0 spiro atoms. The lowest BCUT2D eigenvalue weighted by molar-refractivity contribution is -0.129. The SMILES string of the molecule is CC(=O)N1CCC(NC(=O)c2cnc3ccc(N4CCCC4c4cccc(F)c4)nn23)CC1. The van der Waals surface area contributed by atoms with E-state index in [4.69, 9.17) is 5.10 Å². The van der Waals surface area contributed by atoms with E-state index in [0.29, 0.717) is 24.4 Å². The monoisotopic (exact) mass is 450 g/mol. The third-order valence-electron chi connectivity index (χ3n) is 6.64. The summed E-state index contributed by atoms with van der Waals surface area (Å²) in [6.45, 7) is 3.67. The van der Waals surface area contributed by atoms with E-state index in [0.717, 1.165) is 43.6 Å². The van der Waals surface area contributed by atoms with Crippen LogP contribution in [0.3, 0.4) is 0 Å². The summed E-state index contributed by atoms with van der Waals surface area (Å²) in [5.74, 6) is 0.329. The second-order valence-corrected chi connectivity index (χ2v) is 8.77. The van der Waals surface area contributed by atoms with Crippen molar-refractivity contribution in [3.8, 4) is 0 Å². The molecule has 8 nitrogen and oxygen atoms in total. The Bertz CT molecular complexity index is 1190. The number of fused-ring (bicyclic) bond motifs is 1. The number of nitrogens with zero attached hydrogens (tertiary/aromatic N) is 5. The largest absolute Gasteiger partial charge is 0.348 e. The van der Waals surface area contributed by atoms with Gasteiger partial charge in [0.1, 0.15) is 11.6 Å². The third kappa shape index (κ3) is 4.27. The quantitative estimate of drug-likeness (QED) is 0.661. The van der Waals surface area contributed by atoms with Gasteiger partial charge >= 0.3 is 0 Å². The van der Waals surface area contributed by atoms with E-state index in [1.165, 1.54) is 6.07 Å². The number of nitrogens with one attached hydrogen (secondary N) is 1. The van der Waals surface area contributed by atoms with Gasteiger partial charge in [0.25, 0.3) is 5.91 Å². The fraction of sp³-hybridized carbons (Fsp3) is 0.417. The molecule has 2 aromatic heterocycles. The normalized spacial score (nSPS) is 19.3. The molecular weight excluding hydrogens is 423 g/mol. The van der Waals surface area contributed by atoms with Crippen LogP contribution in [0.5, 0.6) is 0 Å². The summed E-state index contributed by atoms with van der Waals surface area (Å²) in [7, 11) is 0. The van der Waals surface area contributed by atoms with Crippen molar-refractivity contribution in [2.24, 2.45) is 0 Å². The second-order valence-electron chi connectivity index (χ2n) is 8.77. The van der Waals surface area contributed by atoms with Crippen molar-refractivity contribution in [3.05, 3.63) is 59.7 Å². The molecule has 172 valence electrons. The molecule has 0 saturated carbocycles. The Morgan fingerprint density at radius 1 is 1.09 bits per heavy atom. The summed E-state index contributed by atoms with van der Waals surface area (Å²) in [5, 5.41) is 7.81. The number of carbonyl (C=O) groups is 2. The molecule has 5 rings (SSSR count). The topological polar surface area (TPSA) is 82.8 Å². The molecular formula is C24H27FN6O2. The molecule has 4 heterocycles. The summed E-state index contributed by atoms with van der Waals surface area (Å²) < 4.78 is 15.4. The van der Waals surface area contributed by atoms with Gasteiger partial charge in [0.15, 0.2) is 11.3 Å². The van der Waals surface area contributed by atoms with Gasteiger partial charge in [0.2, 0.25) is 5.91 Å². The molecule has 33 heavy (non-hydrogen) atoms. The molecule has 2 amide bonds. The second kappa shape index (κ2) is 8.80. The molecule has 2 aliphatic rings. The van der Waals surface area contributed by atoms with Crippen molar-refractivity contribution in [2.75, 3.05) is 24.5 Å². The fourth-order valence-electron chi connectivity index (χ4n) is 4.87. The molecule has 9 heteroatoms. The maximum atomic E-state index is 13.8. The minimum absolute atomic E-state index is 0.0118. The maximum absolute atomic E-state index is 13.8. The Morgan fingerprint density at radius 2 is 1.91 bits per heavy atom. The third-order valence-corrected chi connectivity index (χ3v) is 6.64. The summed E-state index contributed by atoms with van der Waals surface area (Å²) in [5.41, 5.74) is 1.90. The number of imidazole rings is 1. The predicted octanol–water partition coefficient (Wildman–Crippen LogP) is 2.95. The van der Waals surface area contributed by atoms with E-state index in [9.17, 15) is 14.0 Å². The van der Waals surface area contributed by atoms with Gasteiger partial charge in [-0.2, -0.15) is 0 Å². The minimum Gasteiger partial charge on any atom is -0.348 e. The summed E-state index contributed by atoms with van der Waals surface area (Å²) in [6, 6.07) is 10.5. The van der Waals surface area contributed by atoms with E-state index in [-0.39, 0.29) is 29.7 Å². The molecule has 1 unspecified atom stereocenters. The number of carbonyl (C=O) groups excluding carboxylic acids is 2. The number of hydrogen-bond donors (Lipinski definition) is 1. The summed E-state index contributed by atoms with van der Waals surface area (Å²) in [6.07, 6.45) is 4.89. The number of rotatable bonds is 4. The van der Waals surface area contributed by atoms with Gasteiger partial charge in [-0.15, -0.1) is 5.10 Å². The van der Waals surface area contributed by atoms with Gasteiger partial charge in [-0.25, -0.2) is 13.9 Å². The van der Waals surface area contributed by atoms with Crippen molar-refractivity contribution >= 4 is 23.3 Å². The molecule has 0 radical (unpaired) electrons. The van der Waals surface area contributed by atoms with E-state index in [1.54, 1.807) is 34.7 Å². The van der Waals surface area contributed by atoms with Crippen LogP contribution in [0.1, 0.15) is 54.7 Å². The first kappa shape index (κ1) is 21.4. The van der Waals surface area contributed by atoms with Crippen LogP contribution in [0.25, 0.3) is 5.65 Å². The molecule has 1 atom stereocenters. The highest BCUT2D eigenvalue weighted by Gasteiger charge is 2.29. The molecule has 0 aliphatic carbocycles. The van der Waals surface area contributed by atoms with Crippen LogP contribution in [0.2, 0.25) is 0 Å². The van der Waals surface area contributed by atoms with E-state index < -0.39 is 0 Å². The van der Waals surface area contributed by atoms with E-state index >= 15 is 0 Å². The van der Waals surface area contributed by atoms with Crippen LogP contribution in [0.15, 0.2) is 42.6 Å². The molecule has 2 fully saturated rings. The number of hydrogen-bond acceptors (Lipinski definition) is 5. The number of benzene rings is 1. The number of aromatic nitrogens is 3. The summed E-state index contributed by atoms with van der Waals surface area (Å²) in [4.78, 5) is 32.8. The van der Waals surface area contributed by atoms with E-state index in [2.05, 4.69) is 15.2 Å². The smallest absolute Gasteiger partial charge is 0.271 e. The fourth-order valence-corrected chi connectivity index (χ4v) is 4.87. The highest BCUT2D eigenvalue weighted by molar-refractivity contribution is 5.93. The van der Waals surface area contributed by atoms with Crippen LogP contribution in [0.4, 0.5) is 10.2 Å². The van der Waals surface area contributed by atoms with Gasteiger partial charge in [0.05, 0.1) is 12.2 Å². The van der Waals surface area contributed by atoms with Crippen LogP contribution in [-0.4, -0.2) is 57.0 Å². The van der Waals surface area contributed by atoms with Crippen LogP contribution < -0.4 is 10.2 Å². The Kier molecular flexibility index (Phi) is 5.70. The average Bonchev–Trinajstić information content (AvgIpc) is 3.46. The van der Waals surface area contributed by atoms with Gasteiger partial charge in [0, 0.05) is 32.6 Å². The molecule has 1 aromatic carbocycles. The number of likely N-dealkylation sites (tertiary alicyclic amines) is 1. The van der Waals surface area contributed by atoms with Crippen molar-refractivity contribution in [3.63, 3.8) is 0 Å². The molecule has 0 bridgehead atoms. The predicted molar refractivity (Wildman–Crippen MR) is 121 cm³/mol. The first-order chi connectivity index (χ1) is 16.0. The number of piperidine rings is 1. The highest BCUT2D eigenvalue weighted by Crippen LogP contribution is 2.35. The lowest BCUT2D eigenvalue weighted by Gasteiger charge is -2.31. The van der Waals surface area contributed by atoms with Gasteiger partial charge < -0.3 is 15.1 Å². The van der Waals surface area contributed by atoms with Crippen LogP contribution in [-0.2, 0) is 4.79 Å². The Hall–Kier alpha value is -3.49. The zero-order valence-corrected chi connectivity index (χ0v) is 18.6. The van der Waals surface area contributed by atoms with Gasteiger partial charge in [-0.05, 0) is 55.5 Å². The van der Waals surface area contributed by atoms with Crippen molar-refractivity contribution in [1.29, 1.82) is 0 Å². The number of halogens is 1. The van der Waals surface area contributed by atoms with Crippen LogP contribution >= 0.6 is 0 Å². The lowest BCUT2D eigenvalue weighted by Crippen LogP contribution is -2.46. The average molecular weight is 451 g/mol. The van der Waals surface area contributed by atoms with Crippen molar-refractivity contribution in [1.82, 2.24) is 24.8 Å². The first-order valence-corrected chi connectivity index (χ1v) is 11.4. The molecule has 2 saturated heterocycles. The Labute approximate surface area is 191 Å². The zero-order valence-electron chi connectivity index (χ0n) is 18.6. The van der Waals surface area contributed by atoms with Crippen molar-refractivity contribution < 1.29 is 14.0 Å². The Morgan fingerprint density at radius 3 is 2.67 bits per heavy atom. The van der Waals surface area contributed by atoms with Gasteiger partial charge in [-0.3, -0.25) is 9.59 Å². The molecule has 1 N–H and O–H groups in total. The first-order valence-electron chi connectivity index (χ1n) is 11.4. The van der Waals surface area contributed by atoms with Crippen LogP contribution in [0, 0.1) is 5.82 Å². The van der Waals surface area contributed by atoms with Gasteiger partial charge in [-0.1, -0.05) is 12.1 Å². The zero-order chi connectivity index (χ0) is 22.9. The highest BCUT2D eigenvalue weighted by atomic mass is 19.1. The number of amides is 2.